The maximum absolute atomic E-state index is 12.6. The lowest BCUT2D eigenvalue weighted by Gasteiger charge is -2.15. The standard InChI is InChI=1S/C23H26N4OS/c1-5-14-27-21(18(4)24-22(28)20-12-8-17(3)9-13-20)25-26-23(27)29-15-19-10-6-16(2)7-11-19/h5-13,18H,1,14-15H2,2-4H3,(H,24,28)/t18-/m1/s1. The number of aromatic nitrogens is 3. The average molecular weight is 407 g/mol. The lowest BCUT2D eigenvalue weighted by atomic mass is 10.1. The fourth-order valence-corrected chi connectivity index (χ4v) is 3.82. The summed E-state index contributed by atoms with van der Waals surface area (Å²) >= 11 is 1.63. The molecule has 1 aromatic heterocycles. The molecule has 5 nitrogen and oxygen atoms in total. The van der Waals surface area contributed by atoms with Gasteiger partial charge in [-0.15, -0.1) is 16.8 Å². The molecule has 150 valence electrons. The number of nitrogens with zero attached hydrogens (tertiary/aromatic N) is 3. The second-order valence-electron chi connectivity index (χ2n) is 7.08. The largest absolute Gasteiger partial charge is 0.342 e. The molecule has 0 fully saturated rings. The minimum Gasteiger partial charge on any atom is -0.342 e. The third-order valence-corrected chi connectivity index (χ3v) is 5.63. The molecule has 1 amide bonds. The summed E-state index contributed by atoms with van der Waals surface area (Å²) in [5.41, 5.74) is 4.23. The number of nitrogens with one attached hydrogen (secondary N) is 1. The summed E-state index contributed by atoms with van der Waals surface area (Å²) < 4.78 is 2.01. The van der Waals surface area contributed by atoms with E-state index in [0.717, 1.165) is 22.3 Å². The molecule has 0 bridgehead atoms. The van der Waals surface area contributed by atoms with Gasteiger partial charge in [0, 0.05) is 17.9 Å². The summed E-state index contributed by atoms with van der Waals surface area (Å²) in [5, 5.41) is 12.5. The molecule has 3 rings (SSSR count). The van der Waals surface area contributed by atoms with Crippen molar-refractivity contribution in [2.75, 3.05) is 0 Å². The van der Waals surface area contributed by atoms with Gasteiger partial charge < -0.3 is 9.88 Å². The van der Waals surface area contributed by atoms with Crippen LogP contribution in [0.4, 0.5) is 0 Å². The first kappa shape index (κ1) is 20.9. The Labute approximate surface area is 176 Å². The van der Waals surface area contributed by atoms with Crippen LogP contribution in [0.5, 0.6) is 0 Å². The van der Waals surface area contributed by atoms with Gasteiger partial charge >= 0.3 is 0 Å². The van der Waals surface area contributed by atoms with Gasteiger partial charge in [0.2, 0.25) is 0 Å². The van der Waals surface area contributed by atoms with Crippen LogP contribution in [0.1, 0.15) is 45.8 Å². The fourth-order valence-electron chi connectivity index (χ4n) is 2.91. The number of amides is 1. The topological polar surface area (TPSA) is 59.8 Å². The molecule has 0 saturated heterocycles. The molecule has 0 aliphatic rings. The van der Waals surface area contributed by atoms with E-state index in [1.165, 1.54) is 11.1 Å². The number of carbonyl (C=O) groups excluding carboxylic acids is 1. The van der Waals surface area contributed by atoms with Crippen LogP contribution in [0.25, 0.3) is 0 Å². The van der Waals surface area contributed by atoms with Crippen molar-refractivity contribution in [1.29, 1.82) is 0 Å². The molecule has 29 heavy (non-hydrogen) atoms. The Morgan fingerprint density at radius 3 is 2.34 bits per heavy atom. The van der Waals surface area contributed by atoms with Crippen molar-refractivity contribution in [2.45, 2.75) is 44.3 Å². The summed E-state index contributed by atoms with van der Waals surface area (Å²) in [7, 11) is 0. The highest BCUT2D eigenvalue weighted by molar-refractivity contribution is 7.98. The van der Waals surface area contributed by atoms with Crippen LogP contribution in [-0.4, -0.2) is 20.7 Å². The third kappa shape index (κ3) is 5.35. The number of allylic oxidation sites excluding steroid dienone is 1. The Kier molecular flexibility index (Phi) is 6.88. The number of thioether (sulfide) groups is 1. The van der Waals surface area contributed by atoms with Gasteiger partial charge in [-0.05, 0) is 38.5 Å². The molecule has 0 spiro atoms. The number of benzene rings is 2. The summed E-state index contributed by atoms with van der Waals surface area (Å²) in [6.07, 6.45) is 1.82. The SMILES string of the molecule is C=CCn1c(SCc2ccc(C)cc2)nnc1[C@@H](C)NC(=O)c1ccc(C)cc1. The molecule has 0 unspecified atom stereocenters. The Balaban J connectivity index is 1.72. The predicted molar refractivity (Wildman–Crippen MR) is 118 cm³/mol. The normalized spacial score (nSPS) is 11.8. The minimum absolute atomic E-state index is 0.125. The van der Waals surface area contributed by atoms with Gasteiger partial charge in [-0.25, -0.2) is 0 Å². The van der Waals surface area contributed by atoms with Crippen molar-refractivity contribution in [3.05, 3.63) is 89.3 Å². The number of aryl methyl sites for hydroxylation is 2. The quantitative estimate of drug-likeness (QED) is 0.428. The van der Waals surface area contributed by atoms with Crippen LogP contribution in [0.15, 0.2) is 66.3 Å². The Morgan fingerprint density at radius 1 is 1.10 bits per heavy atom. The van der Waals surface area contributed by atoms with E-state index in [1.54, 1.807) is 11.8 Å². The predicted octanol–water partition coefficient (Wildman–Crippen LogP) is 4.86. The molecule has 3 aromatic rings. The molecular formula is C23H26N4OS. The smallest absolute Gasteiger partial charge is 0.251 e. The highest BCUT2D eigenvalue weighted by atomic mass is 32.2. The summed E-state index contributed by atoms with van der Waals surface area (Å²) in [6.45, 7) is 10.4. The third-order valence-electron chi connectivity index (χ3n) is 4.59. The maximum Gasteiger partial charge on any atom is 0.251 e. The van der Waals surface area contributed by atoms with Crippen molar-refractivity contribution >= 4 is 17.7 Å². The van der Waals surface area contributed by atoms with Gasteiger partial charge in [-0.1, -0.05) is 65.4 Å². The Morgan fingerprint density at radius 2 is 1.72 bits per heavy atom. The second kappa shape index (κ2) is 9.56. The average Bonchev–Trinajstić information content (AvgIpc) is 3.11. The van der Waals surface area contributed by atoms with E-state index in [9.17, 15) is 4.79 Å². The zero-order valence-electron chi connectivity index (χ0n) is 17.1. The van der Waals surface area contributed by atoms with E-state index in [2.05, 4.69) is 53.3 Å². The van der Waals surface area contributed by atoms with Crippen molar-refractivity contribution in [2.24, 2.45) is 0 Å². The van der Waals surface area contributed by atoms with Gasteiger partial charge in [-0.3, -0.25) is 4.79 Å². The molecular weight excluding hydrogens is 380 g/mol. The number of rotatable bonds is 8. The second-order valence-corrected chi connectivity index (χ2v) is 8.02. The van der Waals surface area contributed by atoms with Crippen molar-refractivity contribution in [1.82, 2.24) is 20.1 Å². The van der Waals surface area contributed by atoms with Crippen LogP contribution in [0.3, 0.4) is 0 Å². The maximum atomic E-state index is 12.6. The van der Waals surface area contributed by atoms with Crippen LogP contribution >= 0.6 is 11.8 Å². The minimum atomic E-state index is -0.273. The monoisotopic (exact) mass is 406 g/mol. The van der Waals surface area contributed by atoms with Crippen molar-refractivity contribution < 1.29 is 4.79 Å². The van der Waals surface area contributed by atoms with E-state index >= 15 is 0 Å². The molecule has 0 aliphatic heterocycles. The molecule has 1 N–H and O–H groups in total. The molecule has 0 saturated carbocycles. The summed E-state index contributed by atoms with van der Waals surface area (Å²) in [6, 6.07) is 15.7. The molecule has 0 aliphatic carbocycles. The van der Waals surface area contributed by atoms with Crippen LogP contribution in [0, 0.1) is 13.8 Å². The van der Waals surface area contributed by atoms with E-state index in [0.29, 0.717) is 12.1 Å². The van der Waals surface area contributed by atoms with Crippen molar-refractivity contribution in [3.63, 3.8) is 0 Å². The molecule has 1 atom stereocenters. The number of hydrogen-bond donors (Lipinski definition) is 1. The zero-order valence-corrected chi connectivity index (χ0v) is 17.9. The van der Waals surface area contributed by atoms with Crippen LogP contribution in [0.2, 0.25) is 0 Å². The number of carbonyl (C=O) groups is 1. The summed E-state index contributed by atoms with van der Waals surface area (Å²) in [4.78, 5) is 12.6. The number of hydrogen-bond acceptors (Lipinski definition) is 4. The van der Waals surface area contributed by atoms with Gasteiger partial charge in [0.15, 0.2) is 11.0 Å². The Bertz CT molecular complexity index is 977. The highest BCUT2D eigenvalue weighted by Gasteiger charge is 2.20. The fraction of sp³-hybridized carbons (Fsp3) is 0.261. The molecule has 6 heteroatoms. The highest BCUT2D eigenvalue weighted by Crippen LogP contribution is 2.24. The Hall–Kier alpha value is -2.86. The van der Waals surface area contributed by atoms with E-state index < -0.39 is 0 Å². The summed E-state index contributed by atoms with van der Waals surface area (Å²) in [5.74, 6) is 1.40. The van der Waals surface area contributed by atoms with E-state index in [-0.39, 0.29) is 11.9 Å². The van der Waals surface area contributed by atoms with Crippen LogP contribution < -0.4 is 5.32 Å². The van der Waals surface area contributed by atoms with Gasteiger partial charge in [-0.2, -0.15) is 0 Å². The van der Waals surface area contributed by atoms with Crippen LogP contribution in [-0.2, 0) is 12.3 Å². The molecule has 0 radical (unpaired) electrons. The van der Waals surface area contributed by atoms with E-state index in [1.807, 2.05) is 48.8 Å². The first-order valence-electron chi connectivity index (χ1n) is 9.58. The molecule has 2 aromatic carbocycles. The lowest BCUT2D eigenvalue weighted by molar-refractivity contribution is 0.0937. The van der Waals surface area contributed by atoms with E-state index in [4.69, 9.17) is 0 Å². The van der Waals surface area contributed by atoms with Gasteiger partial charge in [0.1, 0.15) is 0 Å². The molecule has 1 heterocycles. The lowest BCUT2D eigenvalue weighted by Crippen LogP contribution is -2.28. The zero-order chi connectivity index (χ0) is 20.8. The van der Waals surface area contributed by atoms with Crippen molar-refractivity contribution in [3.8, 4) is 0 Å². The first-order valence-corrected chi connectivity index (χ1v) is 10.6. The van der Waals surface area contributed by atoms with Gasteiger partial charge in [0.25, 0.3) is 5.91 Å². The first-order chi connectivity index (χ1) is 14.0. The van der Waals surface area contributed by atoms with Gasteiger partial charge in [0.05, 0.1) is 6.04 Å².